The number of halogens is 1. The minimum absolute atomic E-state index is 0.00590. The van der Waals surface area contributed by atoms with Crippen LogP contribution >= 0.6 is 11.6 Å². The second kappa shape index (κ2) is 9.78. The summed E-state index contributed by atoms with van der Waals surface area (Å²) in [6.45, 7) is 10.4. The average Bonchev–Trinajstić information content (AvgIpc) is 3.09. The van der Waals surface area contributed by atoms with Gasteiger partial charge in [-0.1, -0.05) is 38.4 Å². The number of carbonyl (C=O) groups is 2. The first-order chi connectivity index (χ1) is 17.0. The molecule has 1 aliphatic heterocycles. The third kappa shape index (κ3) is 4.61. The van der Waals surface area contributed by atoms with Crippen molar-refractivity contribution >= 4 is 34.7 Å². The number of hydrogen-bond donors (Lipinski definition) is 1. The molecule has 1 atom stereocenters. The summed E-state index contributed by atoms with van der Waals surface area (Å²) in [5, 5.41) is 12.0. The van der Waals surface area contributed by atoms with Crippen LogP contribution in [0, 0.1) is 6.92 Å². The van der Waals surface area contributed by atoms with Crippen LogP contribution in [0.25, 0.3) is 5.76 Å². The molecule has 1 saturated heterocycles. The van der Waals surface area contributed by atoms with Gasteiger partial charge in [0.25, 0.3) is 11.7 Å². The number of nitrogens with zero attached hydrogens (tertiary/aromatic N) is 2. The van der Waals surface area contributed by atoms with Crippen LogP contribution in [0.1, 0.15) is 56.0 Å². The van der Waals surface area contributed by atoms with Crippen molar-refractivity contribution in [2.24, 2.45) is 0 Å². The van der Waals surface area contributed by atoms with Crippen LogP contribution in [0.15, 0.2) is 66.5 Å². The van der Waals surface area contributed by atoms with E-state index in [4.69, 9.17) is 16.3 Å². The van der Waals surface area contributed by atoms with E-state index in [2.05, 4.69) is 4.98 Å². The minimum atomic E-state index is -0.858. The summed E-state index contributed by atoms with van der Waals surface area (Å²) in [6.07, 6.45) is 3.21. The fourth-order valence-corrected chi connectivity index (χ4v) is 4.75. The van der Waals surface area contributed by atoms with Gasteiger partial charge < -0.3 is 9.84 Å². The van der Waals surface area contributed by atoms with Crippen molar-refractivity contribution in [2.75, 3.05) is 11.5 Å². The standard InChI is InChI=1S/C29H29ClN2O4/c1-6-36-23-12-9-18(15-21(23)29(3,4)5)26(33)24-25(19-8-7-13-31-16-19)32(28(35)27(24)34)22-11-10-20(30)14-17(22)2/h7-16,25,33H,6H2,1-5H3/b26-24-. The number of anilines is 1. The number of ketones is 1. The topological polar surface area (TPSA) is 79.7 Å². The Morgan fingerprint density at radius 3 is 2.50 bits per heavy atom. The molecule has 6 nitrogen and oxygen atoms in total. The number of rotatable bonds is 5. The number of aliphatic hydroxyl groups excluding tert-OH is 1. The van der Waals surface area contributed by atoms with Crippen molar-refractivity contribution in [3.05, 3.63) is 93.8 Å². The maximum atomic E-state index is 13.4. The summed E-state index contributed by atoms with van der Waals surface area (Å²) < 4.78 is 5.80. The average molecular weight is 505 g/mol. The Morgan fingerprint density at radius 1 is 1.14 bits per heavy atom. The number of Topliss-reactive ketones (excluding diaryl/α,β-unsaturated/α-hetero) is 1. The van der Waals surface area contributed by atoms with Gasteiger partial charge in [-0.25, -0.2) is 0 Å². The van der Waals surface area contributed by atoms with Gasteiger partial charge in [-0.2, -0.15) is 0 Å². The summed E-state index contributed by atoms with van der Waals surface area (Å²) in [6, 6.07) is 13.1. The summed E-state index contributed by atoms with van der Waals surface area (Å²) in [4.78, 5) is 32.4. The molecule has 1 amide bonds. The third-order valence-corrected chi connectivity index (χ3v) is 6.46. The smallest absolute Gasteiger partial charge is 0.300 e. The lowest BCUT2D eigenvalue weighted by molar-refractivity contribution is -0.132. The number of hydrogen-bond acceptors (Lipinski definition) is 5. The Labute approximate surface area is 216 Å². The molecule has 1 N–H and O–H groups in total. The van der Waals surface area contributed by atoms with E-state index in [-0.39, 0.29) is 16.7 Å². The largest absolute Gasteiger partial charge is 0.507 e. The van der Waals surface area contributed by atoms with Gasteiger partial charge in [0.05, 0.1) is 18.2 Å². The van der Waals surface area contributed by atoms with E-state index >= 15 is 0 Å². The zero-order valence-corrected chi connectivity index (χ0v) is 21.8. The predicted molar refractivity (Wildman–Crippen MR) is 142 cm³/mol. The highest BCUT2D eigenvalue weighted by molar-refractivity contribution is 6.51. The molecule has 36 heavy (non-hydrogen) atoms. The first kappa shape index (κ1) is 25.5. The molecular weight excluding hydrogens is 476 g/mol. The fourth-order valence-electron chi connectivity index (χ4n) is 4.52. The van der Waals surface area contributed by atoms with Gasteiger partial charge in [0, 0.05) is 34.2 Å². The lowest BCUT2D eigenvalue weighted by Crippen LogP contribution is -2.30. The normalized spacial score (nSPS) is 17.5. The number of benzene rings is 2. The first-order valence-corrected chi connectivity index (χ1v) is 12.2. The van der Waals surface area contributed by atoms with E-state index in [1.807, 2.05) is 40.7 Å². The van der Waals surface area contributed by atoms with Crippen LogP contribution in [0.5, 0.6) is 5.75 Å². The van der Waals surface area contributed by atoms with Crippen molar-refractivity contribution in [3.63, 3.8) is 0 Å². The SMILES string of the molecule is CCOc1ccc(/C(O)=C2/C(=O)C(=O)N(c3ccc(Cl)cc3C)C2c2cccnc2)cc1C(C)(C)C. The van der Waals surface area contributed by atoms with E-state index < -0.39 is 17.7 Å². The molecule has 2 aromatic carbocycles. The molecule has 7 heteroatoms. The zero-order chi connectivity index (χ0) is 26.2. The summed E-state index contributed by atoms with van der Waals surface area (Å²) >= 11 is 6.15. The summed E-state index contributed by atoms with van der Waals surface area (Å²) in [5.41, 5.74) is 2.92. The molecule has 1 aromatic heterocycles. The Hall–Kier alpha value is -3.64. The number of aliphatic hydroxyl groups is 1. The number of aryl methyl sites for hydroxylation is 1. The van der Waals surface area contributed by atoms with E-state index in [1.165, 1.54) is 4.90 Å². The van der Waals surface area contributed by atoms with E-state index in [1.54, 1.807) is 54.9 Å². The van der Waals surface area contributed by atoms with Crippen LogP contribution in [0.4, 0.5) is 5.69 Å². The highest BCUT2D eigenvalue weighted by atomic mass is 35.5. The molecule has 1 unspecified atom stereocenters. The van der Waals surface area contributed by atoms with Crippen molar-refractivity contribution in [3.8, 4) is 5.75 Å². The quantitative estimate of drug-likeness (QED) is 0.248. The van der Waals surface area contributed by atoms with E-state index in [9.17, 15) is 14.7 Å². The molecule has 0 aliphatic carbocycles. The number of aromatic nitrogens is 1. The molecule has 0 bridgehead atoms. The third-order valence-electron chi connectivity index (χ3n) is 6.22. The van der Waals surface area contributed by atoms with Crippen molar-refractivity contribution in [1.82, 2.24) is 4.98 Å². The molecule has 0 radical (unpaired) electrons. The minimum Gasteiger partial charge on any atom is -0.507 e. The van der Waals surface area contributed by atoms with Gasteiger partial charge in [0.2, 0.25) is 0 Å². The fraction of sp³-hybridized carbons (Fsp3) is 0.276. The number of ether oxygens (including phenoxy) is 1. The zero-order valence-electron chi connectivity index (χ0n) is 21.0. The molecule has 1 fully saturated rings. The van der Waals surface area contributed by atoms with Crippen molar-refractivity contribution < 1.29 is 19.4 Å². The highest BCUT2D eigenvalue weighted by Gasteiger charge is 2.47. The number of pyridine rings is 1. The molecule has 4 rings (SSSR count). The van der Waals surface area contributed by atoms with E-state index in [0.29, 0.717) is 34.2 Å². The summed E-state index contributed by atoms with van der Waals surface area (Å²) in [5.74, 6) is -1.02. The molecule has 2 heterocycles. The Balaban J connectivity index is 1.95. The Bertz CT molecular complexity index is 1360. The van der Waals surface area contributed by atoms with Crippen LogP contribution in [-0.4, -0.2) is 28.4 Å². The van der Waals surface area contributed by atoms with E-state index in [0.717, 1.165) is 11.1 Å². The second-order valence-electron chi connectivity index (χ2n) is 9.78. The van der Waals surface area contributed by atoms with Gasteiger partial charge >= 0.3 is 0 Å². The second-order valence-corrected chi connectivity index (χ2v) is 10.2. The van der Waals surface area contributed by atoms with Crippen molar-refractivity contribution in [2.45, 2.75) is 46.1 Å². The van der Waals surface area contributed by atoms with Gasteiger partial charge in [0.15, 0.2) is 0 Å². The van der Waals surface area contributed by atoms with Crippen LogP contribution < -0.4 is 9.64 Å². The molecule has 1 aliphatic rings. The number of amides is 1. The lowest BCUT2D eigenvalue weighted by Gasteiger charge is -2.27. The van der Waals surface area contributed by atoms with Crippen LogP contribution in [0.3, 0.4) is 0 Å². The summed E-state index contributed by atoms with van der Waals surface area (Å²) in [7, 11) is 0. The molecule has 0 saturated carbocycles. The Morgan fingerprint density at radius 2 is 1.89 bits per heavy atom. The molecular formula is C29H29ClN2O4. The van der Waals surface area contributed by atoms with Crippen LogP contribution in [-0.2, 0) is 15.0 Å². The maximum absolute atomic E-state index is 13.4. The van der Waals surface area contributed by atoms with Gasteiger partial charge in [-0.05, 0) is 72.9 Å². The first-order valence-electron chi connectivity index (χ1n) is 11.8. The molecule has 186 valence electrons. The Kier molecular flexibility index (Phi) is 6.92. The molecule has 0 spiro atoms. The van der Waals surface area contributed by atoms with Crippen molar-refractivity contribution in [1.29, 1.82) is 0 Å². The predicted octanol–water partition coefficient (Wildman–Crippen LogP) is 6.37. The molecule has 3 aromatic rings. The highest BCUT2D eigenvalue weighted by Crippen LogP contribution is 2.44. The van der Waals surface area contributed by atoms with Crippen LogP contribution in [0.2, 0.25) is 5.02 Å². The van der Waals surface area contributed by atoms with Gasteiger partial charge in [0.1, 0.15) is 11.5 Å². The van der Waals surface area contributed by atoms with Gasteiger partial charge in [-0.3, -0.25) is 19.5 Å². The van der Waals surface area contributed by atoms with Gasteiger partial charge in [-0.15, -0.1) is 0 Å². The lowest BCUT2D eigenvalue weighted by atomic mass is 9.84. The number of carbonyl (C=O) groups excluding carboxylic acids is 2. The maximum Gasteiger partial charge on any atom is 0.300 e. The monoisotopic (exact) mass is 504 g/mol.